The maximum atomic E-state index is 13.3. The lowest BCUT2D eigenvalue weighted by Crippen LogP contribution is -2.28. The standard InChI is InChI=1S/C14H15FN4OS/c1-7(2)12-14(21-19-18-12)13(17-16)11-6-8-5-9(15)3-4-10(8)20-11/h3-7,13,17H,16H2,1-2H3. The zero-order chi connectivity index (χ0) is 15.0. The number of fused-ring (bicyclic) bond motifs is 1. The summed E-state index contributed by atoms with van der Waals surface area (Å²) in [6.45, 7) is 4.09. The van der Waals surface area contributed by atoms with Crippen LogP contribution in [0.5, 0.6) is 0 Å². The van der Waals surface area contributed by atoms with Gasteiger partial charge in [0.05, 0.1) is 10.6 Å². The first-order chi connectivity index (χ1) is 10.1. The fourth-order valence-corrected chi connectivity index (χ4v) is 3.15. The molecule has 1 unspecified atom stereocenters. The molecule has 0 bridgehead atoms. The summed E-state index contributed by atoms with van der Waals surface area (Å²) in [6, 6.07) is 5.85. The van der Waals surface area contributed by atoms with Crippen molar-refractivity contribution in [3.63, 3.8) is 0 Å². The highest BCUT2D eigenvalue weighted by Gasteiger charge is 2.24. The summed E-state index contributed by atoms with van der Waals surface area (Å²) in [5, 5.41) is 4.85. The lowest BCUT2D eigenvalue weighted by molar-refractivity contribution is 0.477. The van der Waals surface area contributed by atoms with Gasteiger partial charge in [0.15, 0.2) is 0 Å². The molecule has 1 aromatic carbocycles. The zero-order valence-electron chi connectivity index (χ0n) is 11.6. The molecule has 21 heavy (non-hydrogen) atoms. The van der Waals surface area contributed by atoms with Crippen LogP contribution >= 0.6 is 11.5 Å². The molecule has 0 aliphatic rings. The molecule has 0 aliphatic carbocycles. The van der Waals surface area contributed by atoms with E-state index in [1.807, 2.05) is 13.8 Å². The molecule has 3 N–H and O–H groups in total. The number of nitrogens with two attached hydrogens (primary N) is 1. The maximum Gasteiger partial charge on any atom is 0.134 e. The predicted molar refractivity (Wildman–Crippen MR) is 79.3 cm³/mol. The highest BCUT2D eigenvalue weighted by atomic mass is 32.1. The Hall–Kier alpha value is -1.83. The van der Waals surface area contributed by atoms with Crippen molar-refractivity contribution in [2.24, 2.45) is 5.84 Å². The quantitative estimate of drug-likeness (QED) is 0.572. The fraction of sp³-hybridized carbons (Fsp3) is 0.286. The van der Waals surface area contributed by atoms with Crippen molar-refractivity contribution in [1.29, 1.82) is 0 Å². The number of nitrogens with zero attached hydrogens (tertiary/aromatic N) is 2. The van der Waals surface area contributed by atoms with E-state index in [1.54, 1.807) is 12.1 Å². The van der Waals surface area contributed by atoms with Gasteiger partial charge in [-0.25, -0.2) is 9.82 Å². The van der Waals surface area contributed by atoms with E-state index in [1.165, 1.54) is 23.7 Å². The summed E-state index contributed by atoms with van der Waals surface area (Å²) in [5.74, 6) is 6.24. The number of hydrazine groups is 1. The average Bonchev–Trinajstić information content (AvgIpc) is 3.06. The Labute approximate surface area is 125 Å². The molecule has 2 heterocycles. The van der Waals surface area contributed by atoms with Gasteiger partial charge in [-0.2, -0.15) is 0 Å². The van der Waals surface area contributed by atoms with Crippen LogP contribution in [0.1, 0.15) is 42.1 Å². The van der Waals surface area contributed by atoms with Gasteiger partial charge in [0.2, 0.25) is 0 Å². The predicted octanol–water partition coefficient (Wildman–Crippen LogP) is 3.10. The van der Waals surface area contributed by atoms with Gasteiger partial charge in [-0.15, -0.1) is 5.10 Å². The highest BCUT2D eigenvalue weighted by Crippen LogP contribution is 2.33. The first-order valence-electron chi connectivity index (χ1n) is 6.57. The Kier molecular flexibility index (Phi) is 3.71. The van der Waals surface area contributed by atoms with Crippen LogP contribution in [0.2, 0.25) is 0 Å². The molecule has 0 saturated heterocycles. The van der Waals surface area contributed by atoms with Crippen LogP contribution in [-0.4, -0.2) is 9.59 Å². The van der Waals surface area contributed by atoms with Crippen molar-refractivity contribution >= 4 is 22.5 Å². The molecule has 0 aliphatic heterocycles. The van der Waals surface area contributed by atoms with Crippen molar-refractivity contribution in [2.45, 2.75) is 25.8 Å². The van der Waals surface area contributed by atoms with Gasteiger partial charge in [-0.05, 0) is 41.7 Å². The number of halogens is 1. The third kappa shape index (κ3) is 2.55. The summed E-state index contributed by atoms with van der Waals surface area (Å²) < 4.78 is 23.0. The van der Waals surface area contributed by atoms with Crippen LogP contribution in [0.4, 0.5) is 4.39 Å². The Morgan fingerprint density at radius 2 is 2.14 bits per heavy atom. The molecule has 3 aromatic rings. The highest BCUT2D eigenvalue weighted by molar-refractivity contribution is 7.05. The second-order valence-electron chi connectivity index (χ2n) is 5.11. The molecule has 7 heteroatoms. The Bertz CT molecular complexity index is 767. The van der Waals surface area contributed by atoms with Gasteiger partial charge in [0.25, 0.3) is 0 Å². The molecule has 1 atom stereocenters. The molecule has 110 valence electrons. The minimum Gasteiger partial charge on any atom is -0.459 e. The number of benzene rings is 1. The van der Waals surface area contributed by atoms with Crippen LogP contribution in [0.15, 0.2) is 28.7 Å². The van der Waals surface area contributed by atoms with E-state index in [9.17, 15) is 4.39 Å². The van der Waals surface area contributed by atoms with E-state index >= 15 is 0 Å². The van der Waals surface area contributed by atoms with E-state index in [2.05, 4.69) is 15.0 Å². The van der Waals surface area contributed by atoms with E-state index in [0.29, 0.717) is 16.7 Å². The molecular weight excluding hydrogens is 291 g/mol. The Morgan fingerprint density at radius 3 is 2.86 bits per heavy atom. The van der Waals surface area contributed by atoms with Crippen molar-refractivity contribution < 1.29 is 8.81 Å². The van der Waals surface area contributed by atoms with Crippen molar-refractivity contribution in [3.05, 3.63) is 46.4 Å². The second kappa shape index (κ2) is 5.51. The van der Waals surface area contributed by atoms with E-state index in [-0.39, 0.29) is 17.8 Å². The summed E-state index contributed by atoms with van der Waals surface area (Å²) in [7, 11) is 0. The fourth-order valence-electron chi connectivity index (χ4n) is 2.27. The molecule has 0 amide bonds. The topological polar surface area (TPSA) is 77.0 Å². The number of aromatic nitrogens is 2. The molecule has 2 aromatic heterocycles. The largest absolute Gasteiger partial charge is 0.459 e. The first kappa shape index (κ1) is 14.1. The minimum atomic E-state index is -0.349. The SMILES string of the molecule is CC(C)c1nnsc1C(NN)c1cc2cc(F)ccc2o1. The molecule has 0 radical (unpaired) electrons. The normalized spacial score (nSPS) is 13.2. The molecule has 0 spiro atoms. The summed E-state index contributed by atoms with van der Waals surface area (Å²) >= 11 is 1.28. The monoisotopic (exact) mass is 306 g/mol. The molecular formula is C14H15FN4OS. The lowest BCUT2D eigenvalue weighted by Gasteiger charge is -2.13. The van der Waals surface area contributed by atoms with Crippen LogP contribution in [0, 0.1) is 5.82 Å². The minimum absolute atomic E-state index is 0.233. The maximum absolute atomic E-state index is 13.3. The number of rotatable bonds is 4. The molecule has 0 saturated carbocycles. The van der Waals surface area contributed by atoms with Gasteiger partial charge in [-0.3, -0.25) is 5.84 Å². The number of hydrogen-bond acceptors (Lipinski definition) is 6. The summed E-state index contributed by atoms with van der Waals surface area (Å²) in [5.41, 5.74) is 4.24. The molecule has 3 rings (SSSR count). The summed E-state index contributed by atoms with van der Waals surface area (Å²) in [4.78, 5) is 0.909. The number of nitrogens with one attached hydrogen (secondary N) is 1. The average molecular weight is 306 g/mol. The Morgan fingerprint density at radius 1 is 1.33 bits per heavy atom. The third-order valence-corrected chi connectivity index (χ3v) is 4.10. The van der Waals surface area contributed by atoms with Gasteiger partial charge in [0.1, 0.15) is 23.2 Å². The lowest BCUT2D eigenvalue weighted by atomic mass is 10.0. The summed E-state index contributed by atoms with van der Waals surface area (Å²) in [6.07, 6.45) is 0. The third-order valence-electron chi connectivity index (χ3n) is 3.30. The van der Waals surface area contributed by atoms with Gasteiger partial charge < -0.3 is 4.42 Å². The molecule has 5 nitrogen and oxygen atoms in total. The van der Waals surface area contributed by atoms with E-state index < -0.39 is 0 Å². The van der Waals surface area contributed by atoms with E-state index in [0.717, 1.165) is 10.6 Å². The second-order valence-corrected chi connectivity index (χ2v) is 5.89. The zero-order valence-corrected chi connectivity index (χ0v) is 12.4. The van der Waals surface area contributed by atoms with Crippen LogP contribution in [-0.2, 0) is 0 Å². The number of furan rings is 1. The van der Waals surface area contributed by atoms with Gasteiger partial charge in [-0.1, -0.05) is 18.3 Å². The van der Waals surface area contributed by atoms with Crippen LogP contribution in [0.25, 0.3) is 11.0 Å². The smallest absolute Gasteiger partial charge is 0.134 e. The number of hydrogen-bond donors (Lipinski definition) is 2. The van der Waals surface area contributed by atoms with Crippen molar-refractivity contribution in [1.82, 2.24) is 15.0 Å². The van der Waals surface area contributed by atoms with E-state index in [4.69, 9.17) is 10.3 Å². The van der Waals surface area contributed by atoms with Gasteiger partial charge in [0, 0.05) is 5.39 Å². The van der Waals surface area contributed by atoms with Gasteiger partial charge >= 0.3 is 0 Å². The van der Waals surface area contributed by atoms with Crippen LogP contribution in [0.3, 0.4) is 0 Å². The Balaban J connectivity index is 2.07. The van der Waals surface area contributed by atoms with Crippen molar-refractivity contribution in [2.75, 3.05) is 0 Å². The van der Waals surface area contributed by atoms with Crippen molar-refractivity contribution in [3.8, 4) is 0 Å². The van der Waals surface area contributed by atoms with Crippen LogP contribution < -0.4 is 11.3 Å². The first-order valence-corrected chi connectivity index (χ1v) is 7.34. The molecule has 0 fully saturated rings.